The fourth-order valence-electron chi connectivity index (χ4n) is 4.06. The minimum absolute atomic E-state index is 0.0389. The van der Waals surface area contributed by atoms with E-state index >= 15 is 0 Å². The lowest BCUT2D eigenvalue weighted by molar-refractivity contribution is -0.254. The van der Waals surface area contributed by atoms with Crippen LogP contribution in [0.15, 0.2) is 0 Å². The number of carbonyl (C=O) groups is 2. The summed E-state index contributed by atoms with van der Waals surface area (Å²) in [4.78, 5) is 24.2. The third-order valence-electron chi connectivity index (χ3n) is 5.70. The van der Waals surface area contributed by atoms with Crippen LogP contribution in [0.25, 0.3) is 0 Å². The predicted molar refractivity (Wildman–Crippen MR) is 105 cm³/mol. The van der Waals surface area contributed by atoms with Crippen LogP contribution < -0.4 is 22.1 Å². The Balaban J connectivity index is 2.12. The van der Waals surface area contributed by atoms with Crippen molar-refractivity contribution in [1.29, 1.82) is 0 Å². The molecule has 1 heterocycles. The molecule has 8 atom stereocenters. The Morgan fingerprint density at radius 1 is 1.34 bits per heavy atom. The van der Waals surface area contributed by atoms with Gasteiger partial charge in [-0.25, -0.2) is 0 Å². The highest BCUT2D eigenvalue weighted by Crippen LogP contribution is 2.30. The van der Waals surface area contributed by atoms with Crippen LogP contribution in [0.2, 0.25) is 0 Å². The molecule has 0 spiro atoms. The van der Waals surface area contributed by atoms with Gasteiger partial charge >= 0.3 is 0 Å². The molecule has 168 valence electrons. The molecule has 1 saturated heterocycles. The van der Waals surface area contributed by atoms with Gasteiger partial charge < -0.3 is 46.3 Å². The van der Waals surface area contributed by atoms with Crippen LogP contribution in [-0.2, 0) is 23.8 Å². The highest BCUT2D eigenvalue weighted by Gasteiger charge is 2.48. The van der Waals surface area contributed by atoms with Gasteiger partial charge in [0.2, 0.25) is 12.3 Å². The average molecular weight is 418 g/mol. The minimum atomic E-state index is -1.12. The van der Waals surface area contributed by atoms with E-state index in [0.717, 1.165) is 12.8 Å². The third kappa shape index (κ3) is 5.85. The zero-order chi connectivity index (χ0) is 21.6. The molecule has 8 unspecified atom stereocenters. The number of carbonyl (C=O) groups excluding carboxylic acids is 2. The number of likely N-dealkylation sites (N-methyl/N-ethyl adjacent to an activating group) is 2. The first-order chi connectivity index (χ1) is 13.8. The number of ether oxygens (including phenoxy) is 3. The van der Waals surface area contributed by atoms with Crippen molar-refractivity contribution in [3.63, 3.8) is 0 Å². The summed E-state index contributed by atoms with van der Waals surface area (Å²) in [5, 5.41) is 16.5. The average Bonchev–Trinajstić information content (AvgIpc) is 2.70. The van der Waals surface area contributed by atoms with E-state index in [1.165, 1.54) is 12.0 Å². The molecule has 29 heavy (non-hydrogen) atoms. The molecule has 0 radical (unpaired) electrons. The number of nitrogens with zero attached hydrogens (tertiary/aromatic N) is 1. The molecule has 2 fully saturated rings. The minimum Gasteiger partial charge on any atom is -0.388 e. The number of hydrogen-bond donors (Lipinski definition) is 5. The van der Waals surface area contributed by atoms with Gasteiger partial charge in [0.1, 0.15) is 12.2 Å². The van der Waals surface area contributed by atoms with E-state index in [-0.39, 0.29) is 24.6 Å². The normalized spacial score (nSPS) is 37.7. The Labute approximate surface area is 171 Å². The fraction of sp³-hybridized carbons (Fsp3) is 0.889. The maximum Gasteiger partial charge on any atom is 0.242 e. The number of aliphatic hydroxyl groups is 1. The van der Waals surface area contributed by atoms with E-state index in [4.69, 9.17) is 25.7 Å². The Morgan fingerprint density at radius 2 is 2.07 bits per heavy atom. The number of rotatable bonds is 9. The first kappa shape index (κ1) is 23.9. The second-order valence-electron chi connectivity index (χ2n) is 7.68. The largest absolute Gasteiger partial charge is 0.388 e. The molecule has 0 aromatic carbocycles. The lowest BCUT2D eigenvalue weighted by Gasteiger charge is -2.48. The maximum absolute atomic E-state index is 12.4. The molecule has 11 heteroatoms. The Bertz CT molecular complexity index is 541. The third-order valence-corrected chi connectivity index (χ3v) is 5.70. The van der Waals surface area contributed by atoms with Gasteiger partial charge in [0, 0.05) is 26.7 Å². The first-order valence-corrected chi connectivity index (χ1v) is 9.94. The quantitative estimate of drug-likeness (QED) is 0.248. The first-order valence-electron chi connectivity index (χ1n) is 9.94. The van der Waals surface area contributed by atoms with Gasteiger partial charge in [-0.3, -0.25) is 9.59 Å². The summed E-state index contributed by atoms with van der Waals surface area (Å²) >= 11 is 0. The number of nitrogens with one attached hydrogen (secondary N) is 2. The molecule has 1 saturated carbocycles. The smallest absolute Gasteiger partial charge is 0.242 e. The zero-order valence-corrected chi connectivity index (χ0v) is 17.3. The molecule has 1 aliphatic carbocycles. The van der Waals surface area contributed by atoms with Gasteiger partial charge in [-0.1, -0.05) is 0 Å². The highest BCUT2D eigenvalue weighted by atomic mass is 16.7. The second-order valence-corrected chi connectivity index (χ2v) is 7.68. The monoisotopic (exact) mass is 417 g/mol. The van der Waals surface area contributed by atoms with E-state index in [9.17, 15) is 14.7 Å². The van der Waals surface area contributed by atoms with Crippen LogP contribution in [0.1, 0.15) is 19.3 Å². The van der Waals surface area contributed by atoms with Crippen molar-refractivity contribution < 1.29 is 28.9 Å². The van der Waals surface area contributed by atoms with Crippen molar-refractivity contribution in [3.8, 4) is 0 Å². The van der Waals surface area contributed by atoms with E-state index < -0.39 is 36.7 Å². The van der Waals surface area contributed by atoms with Crippen molar-refractivity contribution >= 4 is 12.3 Å². The van der Waals surface area contributed by atoms with E-state index in [1.54, 1.807) is 7.05 Å². The van der Waals surface area contributed by atoms with Crippen molar-refractivity contribution in [2.75, 3.05) is 34.3 Å². The van der Waals surface area contributed by atoms with Gasteiger partial charge in [-0.05, 0) is 26.3 Å². The molecule has 2 amide bonds. The van der Waals surface area contributed by atoms with Gasteiger partial charge in [-0.15, -0.1) is 0 Å². The molecule has 2 rings (SSSR count). The summed E-state index contributed by atoms with van der Waals surface area (Å²) in [5.74, 6) is -0.364. The summed E-state index contributed by atoms with van der Waals surface area (Å²) in [7, 11) is 4.90. The molecule has 7 N–H and O–H groups in total. The number of methoxy groups -OCH3 is 1. The summed E-state index contributed by atoms with van der Waals surface area (Å²) in [5.41, 5.74) is 12.4. The van der Waals surface area contributed by atoms with Crippen molar-refractivity contribution in [1.82, 2.24) is 15.5 Å². The number of nitrogens with two attached hydrogens (primary N) is 2. The van der Waals surface area contributed by atoms with E-state index in [1.807, 2.05) is 7.05 Å². The topological polar surface area (TPSA) is 161 Å². The predicted octanol–water partition coefficient (Wildman–Crippen LogP) is -2.90. The van der Waals surface area contributed by atoms with Gasteiger partial charge in [0.05, 0.1) is 30.8 Å². The lowest BCUT2D eigenvalue weighted by Crippen LogP contribution is -2.67. The van der Waals surface area contributed by atoms with Crippen LogP contribution in [0.5, 0.6) is 0 Å². The van der Waals surface area contributed by atoms with E-state index in [2.05, 4.69) is 10.6 Å². The number of aliphatic hydroxyl groups excluding tert-OH is 1. The zero-order valence-electron chi connectivity index (χ0n) is 17.3. The Kier molecular flexibility index (Phi) is 9.21. The van der Waals surface area contributed by atoms with Crippen molar-refractivity contribution in [3.05, 3.63) is 0 Å². The molecule has 11 nitrogen and oxygen atoms in total. The molecule has 0 aromatic heterocycles. The lowest BCUT2D eigenvalue weighted by atomic mass is 9.83. The van der Waals surface area contributed by atoms with Crippen LogP contribution >= 0.6 is 0 Å². The van der Waals surface area contributed by atoms with Gasteiger partial charge in [-0.2, -0.15) is 0 Å². The summed E-state index contributed by atoms with van der Waals surface area (Å²) < 4.78 is 17.5. The van der Waals surface area contributed by atoms with Gasteiger partial charge in [0.15, 0.2) is 6.29 Å². The second kappa shape index (κ2) is 11.2. The highest BCUT2D eigenvalue weighted by molar-refractivity contribution is 5.80. The molecule has 0 aromatic rings. The molecule has 0 bridgehead atoms. The van der Waals surface area contributed by atoms with Crippen LogP contribution in [-0.4, -0.2) is 105 Å². The summed E-state index contributed by atoms with van der Waals surface area (Å²) in [6, 6.07) is -1.56. The van der Waals surface area contributed by atoms with Crippen LogP contribution in [0.3, 0.4) is 0 Å². The van der Waals surface area contributed by atoms with E-state index in [0.29, 0.717) is 19.4 Å². The van der Waals surface area contributed by atoms with Gasteiger partial charge in [0.25, 0.3) is 0 Å². The van der Waals surface area contributed by atoms with Crippen molar-refractivity contribution in [2.24, 2.45) is 11.5 Å². The van der Waals surface area contributed by atoms with Crippen LogP contribution in [0.4, 0.5) is 0 Å². The summed E-state index contributed by atoms with van der Waals surface area (Å²) in [6.45, 7) is 0.487. The Morgan fingerprint density at radius 3 is 2.69 bits per heavy atom. The molecular formula is C18H35N5O6. The maximum atomic E-state index is 12.4. The van der Waals surface area contributed by atoms with Crippen LogP contribution in [0, 0.1) is 0 Å². The standard InChI is InChI=1S/C18H35N5O6/c1-21-7-10-4-5-11(19)18(28-10)29-17-12(20)6-13(27-3)15(16(17)26)23(2)14(25)8-22-9-24/h9-13,15-18,21,26H,4-8,19-20H2,1-3H3,(H,22,24). The summed E-state index contributed by atoms with van der Waals surface area (Å²) in [6.07, 6.45) is -0.757. The molecular weight excluding hydrogens is 382 g/mol. The Hall–Kier alpha value is -1.34. The SMILES string of the molecule is CNCC1CCC(N)C(OC2C(N)CC(OC)C(N(C)C(=O)CNC=O)C2O)O1. The molecule has 1 aliphatic heterocycles. The fourth-order valence-corrected chi connectivity index (χ4v) is 4.06. The number of amides is 2. The number of hydrogen-bond acceptors (Lipinski definition) is 9. The van der Waals surface area contributed by atoms with Crippen molar-refractivity contribution in [2.45, 2.75) is 68.1 Å². The molecule has 2 aliphatic rings.